The highest BCUT2D eigenvalue weighted by atomic mass is 35.5. The molecule has 0 aromatic carbocycles. The molecule has 0 unspecified atom stereocenters. The van der Waals surface area contributed by atoms with E-state index in [1.165, 1.54) is 6.92 Å². The Balaban J connectivity index is 0. The van der Waals surface area contributed by atoms with Gasteiger partial charge in [0.15, 0.2) is 5.90 Å². The molecule has 0 saturated heterocycles. The van der Waals surface area contributed by atoms with Gasteiger partial charge in [0, 0.05) is 6.92 Å². The number of hydrogen-bond donors (Lipinski definition) is 2. The van der Waals surface area contributed by atoms with Gasteiger partial charge >= 0.3 is 0 Å². The van der Waals surface area contributed by atoms with Gasteiger partial charge in [-0.1, -0.05) is 0 Å². The van der Waals surface area contributed by atoms with Crippen LogP contribution in [0.1, 0.15) is 13.8 Å². The zero-order valence-electron chi connectivity index (χ0n) is 6.64. The Labute approximate surface area is 72.2 Å². The van der Waals surface area contributed by atoms with Crippen molar-refractivity contribution in [2.75, 3.05) is 13.2 Å². The van der Waals surface area contributed by atoms with Crippen LogP contribution < -0.4 is 5.32 Å². The van der Waals surface area contributed by atoms with Crippen LogP contribution in [-0.4, -0.2) is 25.0 Å². The topological polar surface area (TPSA) is 62.2 Å². The second-order valence-electron chi connectivity index (χ2n) is 1.77. The first-order valence-electron chi connectivity index (χ1n) is 3.11. The molecule has 0 fully saturated rings. The first kappa shape index (κ1) is 12.9. The fraction of sp³-hybridized carbons (Fsp3) is 0.667. The number of amides is 1. The summed E-state index contributed by atoms with van der Waals surface area (Å²) in [6.45, 7) is 3.85. The van der Waals surface area contributed by atoms with Gasteiger partial charge in [-0.05, 0) is 6.92 Å². The van der Waals surface area contributed by atoms with Gasteiger partial charge < -0.3 is 10.1 Å². The summed E-state index contributed by atoms with van der Waals surface area (Å²) >= 11 is 0. The maximum absolute atomic E-state index is 10.3. The first-order chi connectivity index (χ1) is 4.66. The summed E-state index contributed by atoms with van der Waals surface area (Å²) in [6.07, 6.45) is 0. The molecule has 0 saturated carbocycles. The van der Waals surface area contributed by atoms with E-state index >= 15 is 0 Å². The molecule has 1 amide bonds. The number of carbonyl (C=O) groups is 1. The molecule has 4 nitrogen and oxygen atoms in total. The van der Waals surface area contributed by atoms with E-state index in [0.717, 1.165) is 0 Å². The van der Waals surface area contributed by atoms with Crippen LogP contribution in [0.5, 0.6) is 0 Å². The predicted molar refractivity (Wildman–Crippen MR) is 45.3 cm³/mol. The van der Waals surface area contributed by atoms with Gasteiger partial charge in [-0.2, -0.15) is 0 Å². The van der Waals surface area contributed by atoms with Crippen LogP contribution in [0, 0.1) is 5.41 Å². The van der Waals surface area contributed by atoms with Gasteiger partial charge in [0.25, 0.3) is 0 Å². The summed E-state index contributed by atoms with van der Waals surface area (Å²) in [5.41, 5.74) is 0. The van der Waals surface area contributed by atoms with Crippen molar-refractivity contribution in [1.82, 2.24) is 5.32 Å². The van der Waals surface area contributed by atoms with Crippen molar-refractivity contribution >= 4 is 24.2 Å². The Hall–Kier alpha value is -0.770. The molecule has 0 radical (unpaired) electrons. The number of rotatable bonds is 3. The van der Waals surface area contributed by atoms with Gasteiger partial charge in [-0.25, -0.2) is 0 Å². The monoisotopic (exact) mass is 180 g/mol. The lowest BCUT2D eigenvalue weighted by atomic mass is 10.6. The van der Waals surface area contributed by atoms with Crippen LogP contribution in [0.15, 0.2) is 0 Å². The van der Waals surface area contributed by atoms with Crippen LogP contribution in [0.2, 0.25) is 0 Å². The van der Waals surface area contributed by atoms with Crippen molar-refractivity contribution in [3.05, 3.63) is 0 Å². The number of nitrogens with one attached hydrogen (secondary N) is 2. The zero-order chi connectivity index (χ0) is 7.98. The maximum Gasteiger partial charge on any atom is 0.217 e. The number of carbonyl (C=O) groups excluding carboxylic acids is 1. The Morgan fingerprint density at radius 3 is 2.55 bits per heavy atom. The lowest BCUT2D eigenvalue weighted by Gasteiger charge is -2.03. The summed E-state index contributed by atoms with van der Waals surface area (Å²) in [6, 6.07) is 0. The predicted octanol–water partition coefficient (Wildman–Crippen LogP) is 0.558. The zero-order valence-corrected chi connectivity index (χ0v) is 7.46. The van der Waals surface area contributed by atoms with Crippen molar-refractivity contribution in [1.29, 1.82) is 5.41 Å². The maximum atomic E-state index is 10.3. The van der Waals surface area contributed by atoms with Gasteiger partial charge in [-0.3, -0.25) is 10.2 Å². The molecule has 0 atom stereocenters. The van der Waals surface area contributed by atoms with Crippen LogP contribution in [0.25, 0.3) is 0 Å². The van der Waals surface area contributed by atoms with Gasteiger partial charge in [0.05, 0.1) is 13.2 Å². The molecule has 2 N–H and O–H groups in total. The summed E-state index contributed by atoms with van der Waals surface area (Å²) < 4.78 is 4.76. The van der Waals surface area contributed by atoms with E-state index in [1.54, 1.807) is 6.92 Å². The van der Waals surface area contributed by atoms with E-state index in [1.807, 2.05) is 0 Å². The summed E-state index contributed by atoms with van der Waals surface area (Å²) in [5.74, 6) is -0.0536. The van der Waals surface area contributed by atoms with E-state index in [-0.39, 0.29) is 30.8 Å². The Morgan fingerprint density at radius 1 is 1.64 bits per heavy atom. The molecule has 0 aliphatic heterocycles. The highest BCUT2D eigenvalue weighted by Gasteiger charge is 1.95. The summed E-state index contributed by atoms with van der Waals surface area (Å²) in [5, 5.41) is 9.49. The average Bonchev–Trinajstić information content (AvgIpc) is 1.85. The standard InChI is InChI=1S/C6H12N2O2.ClH/c1-3-10-6(7)4-8-5(2)9;/h7H,3-4H2,1-2H3,(H,8,9);1H. The van der Waals surface area contributed by atoms with Gasteiger partial charge in [-0.15, -0.1) is 12.4 Å². The summed E-state index contributed by atoms with van der Waals surface area (Å²) in [7, 11) is 0. The number of halogens is 1. The Kier molecular flexibility index (Phi) is 8.58. The minimum Gasteiger partial charge on any atom is -0.480 e. The lowest BCUT2D eigenvalue weighted by molar-refractivity contribution is -0.118. The van der Waals surface area contributed by atoms with E-state index in [2.05, 4.69) is 5.32 Å². The Bertz CT molecular complexity index is 139. The molecular formula is C6H13ClN2O2. The molecule has 5 heteroatoms. The fourth-order valence-corrected chi connectivity index (χ4v) is 0.430. The Morgan fingerprint density at radius 2 is 2.18 bits per heavy atom. The van der Waals surface area contributed by atoms with Crippen LogP contribution in [0.3, 0.4) is 0 Å². The summed E-state index contributed by atoms with van der Waals surface area (Å²) in [4.78, 5) is 10.3. The van der Waals surface area contributed by atoms with E-state index in [0.29, 0.717) is 6.61 Å². The molecule has 66 valence electrons. The molecule has 0 bridgehead atoms. The number of ether oxygens (including phenoxy) is 1. The third kappa shape index (κ3) is 9.23. The van der Waals surface area contributed by atoms with Crippen molar-refractivity contribution in [3.63, 3.8) is 0 Å². The van der Waals surface area contributed by atoms with E-state index in [4.69, 9.17) is 10.1 Å². The third-order valence-corrected chi connectivity index (χ3v) is 0.816. The van der Waals surface area contributed by atoms with Crippen molar-refractivity contribution in [2.45, 2.75) is 13.8 Å². The average molecular weight is 181 g/mol. The molecule has 0 aromatic rings. The van der Waals surface area contributed by atoms with E-state index < -0.39 is 0 Å². The van der Waals surface area contributed by atoms with Crippen molar-refractivity contribution in [2.24, 2.45) is 0 Å². The molecule has 0 aliphatic rings. The van der Waals surface area contributed by atoms with Crippen LogP contribution >= 0.6 is 12.4 Å². The number of hydrogen-bond acceptors (Lipinski definition) is 3. The lowest BCUT2D eigenvalue weighted by Crippen LogP contribution is -2.27. The normalized spacial score (nSPS) is 7.82. The second kappa shape index (κ2) is 7.34. The smallest absolute Gasteiger partial charge is 0.217 e. The third-order valence-electron chi connectivity index (χ3n) is 0.816. The fourth-order valence-electron chi connectivity index (χ4n) is 0.430. The minimum atomic E-state index is -0.149. The molecule has 0 heterocycles. The SMILES string of the molecule is CCOC(=N)CNC(C)=O.Cl. The van der Waals surface area contributed by atoms with Crippen molar-refractivity contribution in [3.8, 4) is 0 Å². The molecule has 0 rings (SSSR count). The van der Waals surface area contributed by atoms with E-state index in [9.17, 15) is 4.79 Å². The highest BCUT2D eigenvalue weighted by molar-refractivity contribution is 5.85. The first-order valence-corrected chi connectivity index (χ1v) is 3.11. The van der Waals surface area contributed by atoms with Crippen LogP contribution in [-0.2, 0) is 9.53 Å². The largest absolute Gasteiger partial charge is 0.480 e. The highest BCUT2D eigenvalue weighted by Crippen LogP contribution is 1.75. The second-order valence-corrected chi connectivity index (χ2v) is 1.77. The van der Waals surface area contributed by atoms with Crippen molar-refractivity contribution < 1.29 is 9.53 Å². The molecular weight excluding hydrogens is 168 g/mol. The quantitative estimate of drug-likeness (QED) is 0.493. The molecule has 0 aliphatic carbocycles. The van der Waals surface area contributed by atoms with Gasteiger partial charge in [0.2, 0.25) is 5.91 Å². The van der Waals surface area contributed by atoms with Gasteiger partial charge in [0.1, 0.15) is 0 Å². The minimum absolute atomic E-state index is 0. The van der Waals surface area contributed by atoms with Crippen LogP contribution in [0.4, 0.5) is 0 Å². The molecule has 0 spiro atoms. The molecule has 11 heavy (non-hydrogen) atoms. The molecule has 0 aromatic heterocycles.